The molecule has 8 heterocycles. The summed E-state index contributed by atoms with van der Waals surface area (Å²) in [6.07, 6.45) is 11.9. The van der Waals surface area contributed by atoms with E-state index in [4.69, 9.17) is 43.8 Å². The van der Waals surface area contributed by atoms with Gasteiger partial charge in [0.2, 0.25) is 29.8 Å². The van der Waals surface area contributed by atoms with Crippen LogP contribution >= 0.6 is 0 Å². The summed E-state index contributed by atoms with van der Waals surface area (Å²) in [5.74, 6) is 1.22. The summed E-state index contributed by atoms with van der Waals surface area (Å²) in [6, 6.07) is 38.1. The van der Waals surface area contributed by atoms with E-state index < -0.39 is 78.5 Å². The highest BCUT2D eigenvalue weighted by Crippen LogP contribution is 2.60. The molecule has 2 spiro atoms. The van der Waals surface area contributed by atoms with Gasteiger partial charge < -0.3 is 89.6 Å². The molecule has 0 unspecified atom stereocenters. The van der Waals surface area contributed by atoms with Gasteiger partial charge in [-0.15, -0.1) is 0 Å². The molecule has 10 atom stereocenters. The molecular weight excluding hydrogens is 1670 g/mol. The van der Waals surface area contributed by atoms with Crippen LogP contribution in [0.4, 0.5) is 23.6 Å². The average Bonchev–Trinajstić information content (AvgIpc) is 1.58. The zero-order valence-electron chi connectivity index (χ0n) is 78.2. The molecule has 6 aliphatic rings. The number of carbonyl (C=O) groups is 8. The van der Waals surface area contributed by atoms with Crippen molar-refractivity contribution in [1.29, 1.82) is 0 Å². The van der Waals surface area contributed by atoms with Crippen molar-refractivity contribution in [2.24, 2.45) is 33.5 Å². The van der Waals surface area contributed by atoms with E-state index in [9.17, 15) is 42.7 Å². The molecular formula is C99H121FN18O13. The topological polar surface area (TPSA) is 387 Å². The van der Waals surface area contributed by atoms with Gasteiger partial charge in [0.05, 0.1) is 128 Å². The van der Waals surface area contributed by atoms with Gasteiger partial charge in [0, 0.05) is 30.6 Å². The number of rotatable bonds is 20. The van der Waals surface area contributed by atoms with E-state index >= 15 is 0 Å². The van der Waals surface area contributed by atoms with Crippen LogP contribution in [0, 0.1) is 46.6 Å². The van der Waals surface area contributed by atoms with E-state index in [1.54, 1.807) is 31.9 Å². The number of hydrogen-bond donors (Lipinski definition) is 10. The number of alkyl halides is 1. The van der Waals surface area contributed by atoms with Crippen LogP contribution in [-0.4, -0.2) is 206 Å². The SMILES string of the molecule is CC.COC(=O)N[C@H](C(=O)O)C(C)(C)C.[2H]CF.[C-]#[N+][C@@H]1CN[C@H](c2ncc(-c3ccc(-c4ccc5cc(-c6cnc([C@@H]7CC8(CC8)CN7C(=O)[C@@H](NC(=O)OC)C(C)C)[nH]6)ccc5c4)cc3)[nH]2)C1.[C-]#[N+][C@H]1C[C@@H](c2ncc(-c3ccc(-c4ccc5cc(-c6cnc([C@@H]7CC8(CC8)CN7C(=O)[C@@H](NC(=O)OC)C(C)C)[nH]6)ccc5c4)cc3)[nH]2)N(C(=O)[C@@H](NC(=O)OC)C(C)(C)C)C1. The number of methoxy groups -OCH3 is 4. The van der Waals surface area contributed by atoms with Gasteiger partial charge in [-0.2, -0.15) is 0 Å². The molecule has 4 saturated heterocycles. The summed E-state index contributed by atoms with van der Waals surface area (Å²) in [4.78, 5) is 145. The second-order valence-corrected chi connectivity index (χ2v) is 37.2. The number of hydrogen-bond acceptors (Lipinski definition) is 17. The second kappa shape index (κ2) is 41.1. The lowest BCUT2D eigenvalue weighted by Crippen LogP contribution is -2.54. The predicted octanol–water partition coefficient (Wildman–Crippen LogP) is 17.6. The summed E-state index contributed by atoms with van der Waals surface area (Å²) in [5.41, 5.74) is 11.0. The molecule has 32 heteroatoms. The summed E-state index contributed by atoms with van der Waals surface area (Å²) >= 11 is 0. The number of alkyl carbamates (subject to hydrolysis) is 4. The fourth-order valence-corrected chi connectivity index (χ4v) is 17.6. The number of ether oxygens (including phenoxy) is 4. The normalized spacial score (nSPS) is 19.4. The standard InChI is InChI=1S/C48H55N9O6.C40H42N8O3.C8H15NO4.C2H6.CH3F/c1-27(2)39(54-45(60)62-7)43(58)57-26-48(17-18-48)22-38(57)42-51-24-36(53-42)33-16-15-31-19-30(13-14-32(31)20-33)28-9-11-29(12-10-28)35-23-50-41(52-35)37-21-34(49-6)25-56(37)44(59)40(47(3,4)5)55-46(61)63-8;1-23(2)35(47-39(50)51-4)38(49)48-22-40(13-14-40)18-34(48)37-44-21-33(46-37)29-12-11-27-15-26(9-10-28(27)16-29)24-5-7-25(8-6-24)32-20-43-36(45-32)31-17-30(41-3)19-42-31;1-8(2,3)5(6(10)11)9-7(12)13-4;2*1-2/h9-16,19-20,23-24,27,34,37-40H,17-18,21-22,25-26H2,1-5,7-8H3,(H,50,52)(H,51,53)(H,54,60)(H,55,61);5-12,15-16,20-21,23,30-31,34-35,42H,13-14,17-19,22H2,1-2,4H3,(H,43,45)(H,44,46)(H,47,50);5H,1-4H3,(H,9,12)(H,10,11);1-2H3;1H3/t34-,37-,38-,39-,40+;30-,31-,34-,35-;5-;;/m001../s1/i;;;;1D. The minimum absolute atomic E-state index is 0.0130. The minimum Gasteiger partial charge on any atom is -0.480 e. The Hall–Kier alpha value is -13.5. The van der Waals surface area contributed by atoms with E-state index in [0.29, 0.717) is 31.9 Å². The van der Waals surface area contributed by atoms with E-state index in [2.05, 4.69) is 180 Å². The Labute approximate surface area is 764 Å². The molecule has 0 radical (unpaired) electrons. The first-order valence-corrected chi connectivity index (χ1v) is 44.4. The summed E-state index contributed by atoms with van der Waals surface area (Å²) < 4.78 is 34.2. The van der Waals surface area contributed by atoms with E-state index in [0.717, 1.165) is 151 Å². The van der Waals surface area contributed by atoms with Crippen LogP contribution in [0.1, 0.15) is 183 Å². The van der Waals surface area contributed by atoms with Crippen molar-refractivity contribution in [3.8, 4) is 67.3 Å². The van der Waals surface area contributed by atoms with Gasteiger partial charge in [-0.1, -0.05) is 180 Å². The summed E-state index contributed by atoms with van der Waals surface area (Å²) in [7, 11) is 4.07. The number of fused-ring (bicyclic) bond motifs is 2. The number of aromatic amines is 4. The number of benzene rings is 6. The van der Waals surface area contributed by atoms with Crippen molar-refractivity contribution < 1.29 is 68.2 Å². The van der Waals surface area contributed by atoms with Crippen LogP contribution in [0.25, 0.3) is 98.5 Å². The number of carbonyl (C=O) groups excluding carboxylic acids is 7. The van der Waals surface area contributed by atoms with Gasteiger partial charge in [0.1, 0.15) is 47.5 Å². The number of likely N-dealkylation sites (tertiary alicyclic amines) is 3. The Morgan fingerprint density at radius 2 is 0.794 bits per heavy atom. The van der Waals surface area contributed by atoms with Crippen molar-refractivity contribution in [3.63, 3.8) is 0 Å². The van der Waals surface area contributed by atoms with Gasteiger partial charge in [-0.3, -0.25) is 24.1 Å². The van der Waals surface area contributed by atoms with Gasteiger partial charge in [0.25, 0.3) is 0 Å². The molecule has 10 N–H and O–H groups in total. The summed E-state index contributed by atoms with van der Waals surface area (Å²) in [5, 5.41) is 27.0. The third-order valence-electron chi connectivity index (χ3n) is 25.5. The molecule has 7 amide bonds. The first kappa shape index (κ1) is 95.1. The lowest BCUT2D eigenvalue weighted by molar-refractivity contribution is -0.142. The maximum atomic E-state index is 13.9. The number of aromatic nitrogens is 8. The number of nitrogens with one attached hydrogen (secondary N) is 9. The molecule has 6 aromatic carbocycles. The number of halogens is 1. The quantitative estimate of drug-likeness (QED) is 0.0250. The lowest BCUT2D eigenvalue weighted by Gasteiger charge is -2.34. The van der Waals surface area contributed by atoms with Crippen molar-refractivity contribution in [2.45, 2.75) is 195 Å². The fourth-order valence-electron chi connectivity index (χ4n) is 17.6. The van der Waals surface area contributed by atoms with E-state index in [-0.39, 0.29) is 77.1 Å². The molecule has 6 fully saturated rings. The smallest absolute Gasteiger partial charge is 0.407 e. The molecule has 2 aliphatic carbocycles. The van der Waals surface area contributed by atoms with Crippen molar-refractivity contribution in [1.82, 2.24) is 81.2 Å². The molecule has 0 bridgehead atoms. The fraction of sp³-hybridized carbons (Fsp3) is 0.455. The summed E-state index contributed by atoms with van der Waals surface area (Å²) in [6.45, 7) is 39.8. The number of imidazole rings is 4. The van der Waals surface area contributed by atoms with Crippen LogP contribution in [0.5, 0.6) is 0 Å². The number of nitrogens with zero attached hydrogens (tertiary/aromatic N) is 9. The van der Waals surface area contributed by atoms with Crippen molar-refractivity contribution in [3.05, 3.63) is 192 Å². The second-order valence-electron chi connectivity index (χ2n) is 37.2. The van der Waals surface area contributed by atoms with Crippen molar-refractivity contribution in [2.75, 3.05) is 61.8 Å². The number of amides is 7. The zero-order valence-corrected chi connectivity index (χ0v) is 77.2. The molecule has 31 nitrogen and oxygen atoms in total. The Morgan fingerprint density at radius 1 is 0.466 bits per heavy atom. The molecule has 692 valence electrons. The third kappa shape index (κ3) is 22.3. The Bertz CT molecular complexity index is 5870. The van der Waals surface area contributed by atoms with Gasteiger partial charge in [-0.25, -0.2) is 57.1 Å². The number of carboxylic acid groups (broad SMARTS) is 1. The molecule has 4 aromatic heterocycles. The van der Waals surface area contributed by atoms with Crippen LogP contribution in [-0.2, 0) is 38.1 Å². The third-order valence-corrected chi connectivity index (χ3v) is 25.5. The Morgan fingerprint density at radius 3 is 1.15 bits per heavy atom. The average molecular weight is 1790 g/mol. The molecule has 4 aliphatic heterocycles. The highest BCUT2D eigenvalue weighted by molar-refractivity contribution is 5.94. The predicted molar refractivity (Wildman–Crippen MR) is 498 cm³/mol. The maximum absolute atomic E-state index is 13.9. The van der Waals surface area contributed by atoms with Gasteiger partial charge >= 0.3 is 30.3 Å². The Balaban J connectivity index is 0.000000204. The van der Waals surface area contributed by atoms with Gasteiger partial charge in [0.15, 0.2) is 0 Å². The van der Waals surface area contributed by atoms with E-state index in [1.807, 2.05) is 103 Å². The molecule has 10 aromatic rings. The van der Waals surface area contributed by atoms with Crippen LogP contribution in [0.15, 0.2) is 146 Å². The monoisotopic (exact) mass is 1790 g/mol. The number of aliphatic carboxylic acids is 1. The number of H-pyrrole nitrogens is 4. The van der Waals surface area contributed by atoms with Gasteiger partial charge in [-0.05, 0) is 151 Å². The lowest BCUT2D eigenvalue weighted by atomic mass is 9.85. The van der Waals surface area contributed by atoms with Crippen LogP contribution < -0.4 is 26.6 Å². The highest BCUT2D eigenvalue weighted by atomic mass is 19.1. The Kier molecular flexibility index (Phi) is 29.8. The molecule has 131 heavy (non-hydrogen) atoms. The van der Waals surface area contributed by atoms with Crippen molar-refractivity contribution >= 4 is 69.6 Å². The van der Waals surface area contributed by atoms with Crippen LogP contribution in [0.3, 0.4) is 0 Å². The largest absolute Gasteiger partial charge is 0.480 e. The first-order chi connectivity index (χ1) is 63.0. The molecule has 2 saturated carbocycles. The number of carboxylic acids is 1. The maximum Gasteiger partial charge on any atom is 0.407 e. The minimum atomic E-state index is -1.07. The zero-order chi connectivity index (χ0) is 95.4. The van der Waals surface area contributed by atoms with Crippen LogP contribution in [0.2, 0.25) is 0 Å². The first-order valence-electron chi connectivity index (χ1n) is 45.1. The highest BCUT2D eigenvalue weighted by Gasteiger charge is 2.57. The molecule has 16 rings (SSSR count). The van der Waals surface area contributed by atoms with E-state index in [1.165, 1.54) is 28.4 Å².